The summed E-state index contributed by atoms with van der Waals surface area (Å²) in [6.45, 7) is 0.721. The molecule has 0 bridgehead atoms. The van der Waals surface area contributed by atoms with Gasteiger partial charge in [0.2, 0.25) is 0 Å². The lowest BCUT2D eigenvalue weighted by Gasteiger charge is -2.21. The van der Waals surface area contributed by atoms with Crippen molar-refractivity contribution in [3.05, 3.63) is 28.0 Å². The minimum absolute atomic E-state index is 0.101. The average Bonchev–Trinajstić information content (AvgIpc) is 2.92. The van der Waals surface area contributed by atoms with Crippen LogP contribution >= 0.6 is 11.3 Å². The van der Waals surface area contributed by atoms with Crippen LogP contribution in [0.15, 0.2) is 17.5 Å². The molecule has 2 N–H and O–H groups in total. The van der Waals surface area contributed by atoms with Crippen LogP contribution in [0.5, 0.6) is 0 Å². The van der Waals surface area contributed by atoms with E-state index >= 15 is 0 Å². The third-order valence-electron chi connectivity index (χ3n) is 3.58. The number of hydrogen-bond acceptors (Lipinski definition) is 3. The Morgan fingerprint density at radius 1 is 1.35 bits per heavy atom. The summed E-state index contributed by atoms with van der Waals surface area (Å²) in [5.74, 6) is -0.522. The molecule has 1 heterocycles. The molecule has 1 aliphatic rings. The van der Waals surface area contributed by atoms with Crippen LogP contribution in [0.4, 0.5) is 0 Å². The maximum atomic E-state index is 12.1. The topological polar surface area (TPSA) is 66.4 Å². The Balaban J connectivity index is 1.92. The van der Waals surface area contributed by atoms with Gasteiger partial charge in [0.05, 0.1) is 4.88 Å². The van der Waals surface area contributed by atoms with Gasteiger partial charge in [0, 0.05) is 12.6 Å². The number of aliphatic carboxylic acids is 1. The van der Waals surface area contributed by atoms with Gasteiger partial charge < -0.3 is 10.4 Å². The van der Waals surface area contributed by atoms with Crippen LogP contribution in [0.1, 0.15) is 47.3 Å². The molecule has 5 heteroatoms. The largest absolute Gasteiger partial charge is 0.478 e. The minimum atomic E-state index is -1.01. The van der Waals surface area contributed by atoms with E-state index < -0.39 is 5.97 Å². The molecule has 1 saturated carbocycles. The normalized spacial score (nSPS) is 16.4. The van der Waals surface area contributed by atoms with E-state index in [-0.39, 0.29) is 5.91 Å². The van der Waals surface area contributed by atoms with Gasteiger partial charge in [-0.2, -0.15) is 0 Å². The van der Waals surface area contributed by atoms with E-state index in [0.717, 1.165) is 12.6 Å². The van der Waals surface area contributed by atoms with Crippen molar-refractivity contribution >= 4 is 29.3 Å². The van der Waals surface area contributed by atoms with Gasteiger partial charge in [0.25, 0.3) is 5.91 Å². The zero-order valence-corrected chi connectivity index (χ0v) is 12.1. The lowest BCUT2D eigenvalue weighted by atomic mass is 9.89. The SMILES string of the molecule is O=C(O)C=Cc1ccsc1C(=O)NCC1CCCCC1. The molecule has 1 amide bonds. The molecular formula is C15H19NO3S. The van der Waals surface area contributed by atoms with Crippen LogP contribution in [-0.2, 0) is 4.79 Å². The molecule has 1 aliphatic carbocycles. The predicted octanol–water partition coefficient (Wildman–Crippen LogP) is 3.16. The Morgan fingerprint density at radius 3 is 2.80 bits per heavy atom. The van der Waals surface area contributed by atoms with Gasteiger partial charge in [0.15, 0.2) is 0 Å². The number of amides is 1. The van der Waals surface area contributed by atoms with Crippen molar-refractivity contribution in [2.75, 3.05) is 6.54 Å². The second kappa shape index (κ2) is 7.24. The van der Waals surface area contributed by atoms with E-state index in [9.17, 15) is 9.59 Å². The molecule has 0 aromatic carbocycles. The standard InChI is InChI=1S/C15H19NO3S/c17-13(18)7-6-12-8-9-20-14(12)15(19)16-10-11-4-2-1-3-5-11/h6-9,11H,1-5,10H2,(H,16,19)(H,17,18). The molecule has 0 atom stereocenters. The Bertz CT molecular complexity index is 501. The number of rotatable bonds is 5. The van der Waals surface area contributed by atoms with E-state index in [4.69, 9.17) is 5.11 Å². The van der Waals surface area contributed by atoms with Gasteiger partial charge in [-0.15, -0.1) is 11.3 Å². The first kappa shape index (κ1) is 14.8. The van der Waals surface area contributed by atoms with Gasteiger partial charge in [-0.1, -0.05) is 19.3 Å². The number of nitrogens with one attached hydrogen (secondary N) is 1. The number of carboxylic acids is 1. The van der Waals surface area contributed by atoms with Gasteiger partial charge in [-0.25, -0.2) is 4.79 Å². The summed E-state index contributed by atoms with van der Waals surface area (Å²) < 4.78 is 0. The Labute approximate surface area is 122 Å². The van der Waals surface area contributed by atoms with Crippen LogP contribution in [0.25, 0.3) is 6.08 Å². The van der Waals surface area contributed by atoms with Gasteiger partial charge in [-0.05, 0) is 41.8 Å². The maximum Gasteiger partial charge on any atom is 0.328 e. The molecule has 0 radical (unpaired) electrons. The Hall–Kier alpha value is -1.62. The summed E-state index contributed by atoms with van der Waals surface area (Å²) in [6, 6.07) is 1.76. The highest BCUT2D eigenvalue weighted by Gasteiger charge is 2.16. The molecular weight excluding hydrogens is 274 g/mol. The predicted molar refractivity (Wildman–Crippen MR) is 79.9 cm³/mol. The van der Waals surface area contributed by atoms with Crippen LogP contribution in [0.2, 0.25) is 0 Å². The van der Waals surface area contributed by atoms with Crippen LogP contribution < -0.4 is 5.32 Å². The van der Waals surface area contributed by atoms with Gasteiger partial charge in [0.1, 0.15) is 0 Å². The first-order valence-electron chi connectivity index (χ1n) is 6.93. The molecule has 1 aromatic heterocycles. The molecule has 1 fully saturated rings. The molecule has 0 unspecified atom stereocenters. The fourth-order valence-electron chi connectivity index (χ4n) is 2.50. The molecule has 0 spiro atoms. The third-order valence-corrected chi connectivity index (χ3v) is 4.51. The monoisotopic (exact) mass is 293 g/mol. The van der Waals surface area contributed by atoms with Crippen LogP contribution in [-0.4, -0.2) is 23.5 Å². The highest BCUT2D eigenvalue weighted by molar-refractivity contribution is 7.12. The second-order valence-corrected chi connectivity index (χ2v) is 6.01. The van der Waals surface area contributed by atoms with Crippen molar-refractivity contribution in [3.8, 4) is 0 Å². The van der Waals surface area contributed by atoms with Crippen molar-refractivity contribution in [1.29, 1.82) is 0 Å². The number of carboxylic acid groups (broad SMARTS) is 1. The summed E-state index contributed by atoms with van der Waals surface area (Å²) in [5.41, 5.74) is 0.665. The van der Waals surface area contributed by atoms with E-state index in [2.05, 4.69) is 5.32 Å². The molecule has 108 valence electrons. The van der Waals surface area contributed by atoms with E-state index in [1.54, 1.807) is 11.4 Å². The lowest BCUT2D eigenvalue weighted by Crippen LogP contribution is -2.30. The van der Waals surface area contributed by atoms with Crippen molar-refractivity contribution in [2.24, 2.45) is 5.92 Å². The van der Waals surface area contributed by atoms with Crippen molar-refractivity contribution < 1.29 is 14.7 Å². The zero-order chi connectivity index (χ0) is 14.4. The molecule has 0 saturated heterocycles. The first-order chi connectivity index (χ1) is 9.66. The van der Waals surface area contributed by atoms with Crippen molar-refractivity contribution in [1.82, 2.24) is 5.32 Å². The van der Waals surface area contributed by atoms with Gasteiger partial charge >= 0.3 is 5.97 Å². The van der Waals surface area contributed by atoms with Gasteiger partial charge in [-0.3, -0.25) is 4.79 Å². The summed E-state index contributed by atoms with van der Waals surface area (Å²) in [7, 11) is 0. The van der Waals surface area contributed by atoms with E-state index in [1.165, 1.54) is 49.5 Å². The molecule has 4 nitrogen and oxygen atoms in total. The van der Waals surface area contributed by atoms with Crippen molar-refractivity contribution in [3.63, 3.8) is 0 Å². The number of thiophene rings is 1. The first-order valence-corrected chi connectivity index (χ1v) is 7.81. The molecule has 20 heavy (non-hydrogen) atoms. The Morgan fingerprint density at radius 2 is 2.10 bits per heavy atom. The summed E-state index contributed by atoms with van der Waals surface area (Å²) in [4.78, 5) is 23.2. The van der Waals surface area contributed by atoms with Crippen LogP contribution in [0, 0.1) is 5.92 Å². The smallest absolute Gasteiger partial charge is 0.328 e. The summed E-state index contributed by atoms with van der Waals surface area (Å²) >= 11 is 1.34. The summed E-state index contributed by atoms with van der Waals surface area (Å²) in [5, 5.41) is 13.4. The van der Waals surface area contributed by atoms with E-state index in [1.807, 2.05) is 0 Å². The lowest BCUT2D eigenvalue weighted by molar-refractivity contribution is -0.131. The Kier molecular flexibility index (Phi) is 5.35. The molecule has 0 aliphatic heterocycles. The number of hydrogen-bond donors (Lipinski definition) is 2. The third kappa shape index (κ3) is 4.20. The fourth-order valence-corrected chi connectivity index (χ4v) is 3.31. The zero-order valence-electron chi connectivity index (χ0n) is 11.3. The quantitative estimate of drug-likeness (QED) is 0.820. The van der Waals surface area contributed by atoms with Crippen LogP contribution in [0.3, 0.4) is 0 Å². The van der Waals surface area contributed by atoms with Crippen molar-refractivity contribution in [2.45, 2.75) is 32.1 Å². The number of carbonyl (C=O) groups excluding carboxylic acids is 1. The average molecular weight is 293 g/mol. The second-order valence-electron chi connectivity index (χ2n) is 5.09. The highest BCUT2D eigenvalue weighted by atomic mass is 32.1. The number of carbonyl (C=O) groups is 2. The molecule has 2 rings (SSSR count). The minimum Gasteiger partial charge on any atom is -0.478 e. The van der Waals surface area contributed by atoms with E-state index in [0.29, 0.717) is 16.4 Å². The summed E-state index contributed by atoms with van der Waals surface area (Å²) in [6.07, 6.45) is 8.72. The highest BCUT2D eigenvalue weighted by Crippen LogP contribution is 2.23. The fraction of sp³-hybridized carbons (Fsp3) is 0.467. The molecule has 1 aromatic rings. The maximum absolute atomic E-state index is 12.1.